The van der Waals surface area contributed by atoms with Crippen LogP contribution in [0.3, 0.4) is 0 Å². The summed E-state index contributed by atoms with van der Waals surface area (Å²) in [4.78, 5) is 35.1. The number of ether oxygens (including phenoxy) is 2. The molecule has 1 aliphatic rings. The van der Waals surface area contributed by atoms with Crippen molar-refractivity contribution in [1.29, 1.82) is 0 Å². The lowest BCUT2D eigenvalue weighted by molar-refractivity contribution is -0.127. The van der Waals surface area contributed by atoms with Gasteiger partial charge in [0, 0.05) is 33.9 Å². The first kappa shape index (κ1) is 21.6. The Balaban J connectivity index is 0. The lowest BCUT2D eigenvalue weighted by Crippen LogP contribution is -2.41. The Morgan fingerprint density at radius 1 is 1.04 bits per heavy atom. The van der Waals surface area contributed by atoms with Crippen LogP contribution in [-0.4, -0.2) is 56.6 Å². The summed E-state index contributed by atoms with van der Waals surface area (Å²) in [5, 5.41) is 5.60. The summed E-state index contributed by atoms with van der Waals surface area (Å²) in [6.07, 6.45) is 3.36. The van der Waals surface area contributed by atoms with E-state index in [4.69, 9.17) is 9.47 Å². The highest BCUT2D eigenvalue weighted by molar-refractivity contribution is 5.83. The predicted octanol–water partition coefficient (Wildman–Crippen LogP) is 1.55. The SMILES string of the molecule is CCOCC(=O)NCCOCC(=O)NC1CCC(C(=O)C(C)C)CC1.[HH].[HH]. The Morgan fingerprint density at radius 2 is 1.68 bits per heavy atom. The van der Waals surface area contributed by atoms with E-state index in [-0.39, 0.29) is 52.4 Å². The number of Topliss-reactive ketones (excluding diaryl/α,β-unsaturated/α-hetero) is 1. The van der Waals surface area contributed by atoms with Gasteiger partial charge in [0.05, 0.1) is 6.61 Å². The van der Waals surface area contributed by atoms with Crippen molar-refractivity contribution in [3.05, 3.63) is 0 Å². The highest BCUT2D eigenvalue weighted by atomic mass is 16.5. The monoisotopic (exact) mass is 360 g/mol. The standard InChI is InChI=1S/C18H32N2O5.2H2/c1-4-24-11-16(21)19-9-10-25-12-17(22)20-15-7-5-14(6-8-15)18(23)13(2)3;;/h13-15H,4-12H2,1-3H3,(H,19,21)(H,20,22);2*1H. The van der Waals surface area contributed by atoms with Crippen molar-refractivity contribution >= 4 is 17.6 Å². The molecule has 1 fully saturated rings. The van der Waals surface area contributed by atoms with E-state index in [1.807, 2.05) is 20.8 Å². The molecule has 0 radical (unpaired) electrons. The third-order valence-corrected chi connectivity index (χ3v) is 4.30. The molecular weight excluding hydrogens is 324 g/mol. The fraction of sp³-hybridized carbons (Fsp3) is 0.833. The maximum absolute atomic E-state index is 12.0. The molecule has 7 nitrogen and oxygen atoms in total. The van der Waals surface area contributed by atoms with E-state index < -0.39 is 0 Å². The first-order valence-corrected chi connectivity index (χ1v) is 9.19. The molecular formula is C18H36N2O5. The summed E-state index contributed by atoms with van der Waals surface area (Å²) in [7, 11) is 0. The van der Waals surface area contributed by atoms with Crippen molar-refractivity contribution in [3.8, 4) is 0 Å². The van der Waals surface area contributed by atoms with Crippen molar-refractivity contribution in [1.82, 2.24) is 10.6 Å². The molecule has 0 saturated heterocycles. The minimum atomic E-state index is -0.192. The summed E-state index contributed by atoms with van der Waals surface area (Å²) < 4.78 is 10.2. The van der Waals surface area contributed by atoms with Crippen LogP contribution in [0.4, 0.5) is 0 Å². The summed E-state index contributed by atoms with van der Waals surface area (Å²) in [5.74, 6) is 0.213. The largest absolute Gasteiger partial charge is 0.372 e. The first-order valence-electron chi connectivity index (χ1n) is 9.19. The number of rotatable bonds is 11. The van der Waals surface area contributed by atoms with Gasteiger partial charge in [-0.05, 0) is 32.6 Å². The highest BCUT2D eigenvalue weighted by Gasteiger charge is 2.28. The van der Waals surface area contributed by atoms with Gasteiger partial charge >= 0.3 is 0 Å². The van der Waals surface area contributed by atoms with Gasteiger partial charge in [0.2, 0.25) is 11.8 Å². The molecule has 0 atom stereocenters. The maximum Gasteiger partial charge on any atom is 0.246 e. The number of ketones is 1. The minimum absolute atomic E-state index is 0. The third kappa shape index (κ3) is 8.97. The summed E-state index contributed by atoms with van der Waals surface area (Å²) in [6.45, 7) is 6.84. The first-order chi connectivity index (χ1) is 11.9. The molecule has 1 saturated carbocycles. The molecule has 0 unspecified atom stereocenters. The van der Waals surface area contributed by atoms with Crippen LogP contribution >= 0.6 is 0 Å². The van der Waals surface area contributed by atoms with Crippen LogP contribution in [0.1, 0.15) is 49.3 Å². The maximum atomic E-state index is 12.0. The van der Waals surface area contributed by atoms with E-state index in [9.17, 15) is 14.4 Å². The second kappa shape index (κ2) is 12.0. The van der Waals surface area contributed by atoms with Crippen LogP contribution in [0.15, 0.2) is 0 Å². The molecule has 25 heavy (non-hydrogen) atoms. The number of hydrogen-bond donors (Lipinski definition) is 2. The second-order valence-electron chi connectivity index (χ2n) is 6.71. The van der Waals surface area contributed by atoms with Gasteiger partial charge in [-0.3, -0.25) is 14.4 Å². The fourth-order valence-electron chi connectivity index (χ4n) is 2.94. The average molecular weight is 360 g/mol. The highest BCUT2D eigenvalue weighted by Crippen LogP contribution is 2.27. The Kier molecular flexibility index (Phi) is 10.3. The molecule has 2 amide bonds. The van der Waals surface area contributed by atoms with Gasteiger partial charge in [0.25, 0.3) is 0 Å². The Labute approximate surface area is 153 Å². The number of carbonyl (C=O) groups is 3. The van der Waals surface area contributed by atoms with Crippen LogP contribution in [0.25, 0.3) is 0 Å². The van der Waals surface area contributed by atoms with Gasteiger partial charge in [0.1, 0.15) is 19.0 Å². The second-order valence-corrected chi connectivity index (χ2v) is 6.71. The van der Waals surface area contributed by atoms with Gasteiger partial charge in [-0.1, -0.05) is 13.8 Å². The Hall–Kier alpha value is -1.47. The molecule has 0 aromatic heterocycles. The van der Waals surface area contributed by atoms with Crippen LogP contribution in [0.5, 0.6) is 0 Å². The molecule has 0 aromatic carbocycles. The Morgan fingerprint density at radius 3 is 2.28 bits per heavy atom. The zero-order valence-corrected chi connectivity index (χ0v) is 15.6. The quantitative estimate of drug-likeness (QED) is 0.545. The van der Waals surface area contributed by atoms with Crippen molar-refractivity contribution < 1.29 is 26.7 Å². The number of amides is 2. The molecule has 148 valence electrons. The zero-order valence-electron chi connectivity index (χ0n) is 15.6. The number of hydrogen-bond acceptors (Lipinski definition) is 5. The summed E-state index contributed by atoms with van der Waals surface area (Å²) in [6, 6.07) is 0.123. The normalized spacial score (nSPS) is 20.3. The van der Waals surface area contributed by atoms with E-state index in [1.165, 1.54) is 0 Å². The molecule has 2 N–H and O–H groups in total. The topological polar surface area (TPSA) is 93.7 Å². The van der Waals surface area contributed by atoms with E-state index in [1.54, 1.807) is 0 Å². The average Bonchev–Trinajstić information content (AvgIpc) is 2.59. The Bertz CT molecular complexity index is 441. The predicted molar refractivity (Wildman–Crippen MR) is 98.3 cm³/mol. The van der Waals surface area contributed by atoms with Crippen LogP contribution in [0.2, 0.25) is 0 Å². The zero-order chi connectivity index (χ0) is 18.7. The van der Waals surface area contributed by atoms with Gasteiger partial charge < -0.3 is 20.1 Å². The van der Waals surface area contributed by atoms with Gasteiger partial charge in [0.15, 0.2) is 0 Å². The lowest BCUT2D eigenvalue weighted by atomic mass is 9.80. The van der Waals surface area contributed by atoms with Crippen LogP contribution < -0.4 is 10.6 Å². The van der Waals surface area contributed by atoms with E-state index in [0.717, 1.165) is 25.7 Å². The van der Waals surface area contributed by atoms with Crippen molar-refractivity contribution in [3.63, 3.8) is 0 Å². The molecule has 0 aromatic rings. The molecule has 0 heterocycles. The molecule has 1 rings (SSSR count). The minimum Gasteiger partial charge on any atom is -0.372 e. The summed E-state index contributed by atoms with van der Waals surface area (Å²) >= 11 is 0. The lowest BCUT2D eigenvalue weighted by Gasteiger charge is -2.29. The van der Waals surface area contributed by atoms with Gasteiger partial charge in [-0.15, -0.1) is 0 Å². The van der Waals surface area contributed by atoms with Crippen molar-refractivity contribution in [2.75, 3.05) is 33.0 Å². The molecule has 1 aliphatic carbocycles. The van der Waals surface area contributed by atoms with E-state index in [0.29, 0.717) is 18.9 Å². The fourth-order valence-corrected chi connectivity index (χ4v) is 2.94. The smallest absolute Gasteiger partial charge is 0.246 e. The molecule has 0 aliphatic heterocycles. The molecule has 0 bridgehead atoms. The molecule has 0 spiro atoms. The third-order valence-electron chi connectivity index (χ3n) is 4.30. The number of nitrogens with one attached hydrogen (secondary N) is 2. The van der Waals surface area contributed by atoms with Crippen LogP contribution in [-0.2, 0) is 23.9 Å². The van der Waals surface area contributed by atoms with Gasteiger partial charge in [-0.2, -0.15) is 0 Å². The van der Waals surface area contributed by atoms with E-state index in [2.05, 4.69) is 10.6 Å². The van der Waals surface area contributed by atoms with E-state index >= 15 is 0 Å². The van der Waals surface area contributed by atoms with Crippen LogP contribution in [0, 0.1) is 11.8 Å². The molecule has 7 heteroatoms. The summed E-state index contributed by atoms with van der Waals surface area (Å²) in [5.41, 5.74) is 0. The van der Waals surface area contributed by atoms with Crippen molar-refractivity contribution in [2.24, 2.45) is 11.8 Å². The number of carbonyl (C=O) groups excluding carboxylic acids is 3. The van der Waals surface area contributed by atoms with Gasteiger partial charge in [-0.25, -0.2) is 0 Å². The van der Waals surface area contributed by atoms with Crippen molar-refractivity contribution in [2.45, 2.75) is 52.5 Å².